The van der Waals surface area contributed by atoms with Crippen molar-refractivity contribution in [3.63, 3.8) is 0 Å². The second-order valence-corrected chi connectivity index (χ2v) is 6.45. The maximum Gasteiger partial charge on any atom is 0.262 e. The van der Waals surface area contributed by atoms with E-state index in [4.69, 9.17) is 18.9 Å². The molecule has 2 aromatic rings. The molecular weight excluding hydrogens is 346 g/mol. The minimum Gasteiger partial charge on any atom is -0.493 e. The highest BCUT2D eigenvalue weighted by Crippen LogP contribution is 2.39. The van der Waals surface area contributed by atoms with Crippen LogP contribution < -0.4 is 24.3 Å². The highest BCUT2D eigenvalue weighted by molar-refractivity contribution is 5.92. The molecule has 2 rings (SSSR count). The Morgan fingerprint density at radius 3 is 2.11 bits per heavy atom. The van der Waals surface area contributed by atoms with Gasteiger partial charge in [0.15, 0.2) is 18.1 Å². The Morgan fingerprint density at radius 1 is 0.963 bits per heavy atom. The number of carbonyl (C=O) groups is 1. The van der Waals surface area contributed by atoms with Crippen molar-refractivity contribution in [2.45, 2.75) is 26.7 Å². The SMILES string of the molecule is COc1cc(NC(=O)COc2cc(C)ccc2C(C)C)cc(OC)c1OC. The van der Waals surface area contributed by atoms with Gasteiger partial charge in [-0.15, -0.1) is 0 Å². The van der Waals surface area contributed by atoms with Gasteiger partial charge in [-0.2, -0.15) is 0 Å². The number of aryl methyl sites for hydroxylation is 1. The number of amides is 1. The number of anilines is 1. The Bertz CT molecular complexity index is 776. The smallest absolute Gasteiger partial charge is 0.262 e. The fourth-order valence-corrected chi connectivity index (χ4v) is 2.74. The summed E-state index contributed by atoms with van der Waals surface area (Å²) < 4.78 is 21.7. The minimum atomic E-state index is -0.277. The first-order chi connectivity index (χ1) is 12.9. The van der Waals surface area contributed by atoms with E-state index in [2.05, 4.69) is 19.2 Å². The monoisotopic (exact) mass is 373 g/mol. The lowest BCUT2D eigenvalue weighted by molar-refractivity contribution is -0.118. The van der Waals surface area contributed by atoms with Crippen molar-refractivity contribution in [3.05, 3.63) is 41.5 Å². The number of rotatable bonds is 8. The number of nitrogens with one attached hydrogen (secondary N) is 1. The topological polar surface area (TPSA) is 66.0 Å². The van der Waals surface area contributed by atoms with E-state index in [1.54, 1.807) is 12.1 Å². The van der Waals surface area contributed by atoms with Gasteiger partial charge in [0.05, 0.1) is 21.3 Å². The summed E-state index contributed by atoms with van der Waals surface area (Å²) in [5, 5.41) is 2.80. The summed E-state index contributed by atoms with van der Waals surface area (Å²) in [7, 11) is 4.58. The minimum absolute atomic E-state index is 0.0974. The molecule has 0 heterocycles. The maximum atomic E-state index is 12.4. The molecule has 0 aliphatic rings. The van der Waals surface area contributed by atoms with E-state index in [-0.39, 0.29) is 12.5 Å². The molecule has 2 aromatic carbocycles. The predicted octanol–water partition coefficient (Wildman–Crippen LogP) is 4.16. The van der Waals surface area contributed by atoms with Crippen LogP contribution in [0, 0.1) is 6.92 Å². The molecule has 0 atom stereocenters. The molecule has 146 valence electrons. The van der Waals surface area contributed by atoms with Gasteiger partial charge >= 0.3 is 0 Å². The van der Waals surface area contributed by atoms with Gasteiger partial charge in [-0.1, -0.05) is 26.0 Å². The van der Waals surface area contributed by atoms with Gasteiger partial charge in [-0.3, -0.25) is 4.79 Å². The number of hydrogen-bond acceptors (Lipinski definition) is 5. The Morgan fingerprint density at radius 2 is 1.59 bits per heavy atom. The van der Waals surface area contributed by atoms with Crippen LogP contribution in [0.3, 0.4) is 0 Å². The summed E-state index contributed by atoms with van der Waals surface area (Å²) in [4.78, 5) is 12.4. The number of ether oxygens (including phenoxy) is 4. The van der Waals surface area contributed by atoms with E-state index in [1.807, 2.05) is 25.1 Å². The normalized spacial score (nSPS) is 10.5. The average molecular weight is 373 g/mol. The van der Waals surface area contributed by atoms with Gasteiger partial charge in [0.1, 0.15) is 5.75 Å². The van der Waals surface area contributed by atoms with E-state index in [1.165, 1.54) is 21.3 Å². The third-order valence-electron chi connectivity index (χ3n) is 4.10. The standard InChI is InChI=1S/C21H27NO5/c1-13(2)16-8-7-14(3)9-17(16)27-12-20(23)22-15-10-18(24-4)21(26-6)19(11-15)25-5/h7-11,13H,12H2,1-6H3,(H,22,23). The van der Waals surface area contributed by atoms with Gasteiger partial charge in [-0.25, -0.2) is 0 Å². The second kappa shape index (κ2) is 9.16. The van der Waals surface area contributed by atoms with Crippen molar-refractivity contribution in [2.75, 3.05) is 33.3 Å². The molecule has 0 saturated heterocycles. The van der Waals surface area contributed by atoms with Crippen LogP contribution >= 0.6 is 0 Å². The Kier molecular flexibility index (Phi) is 6.93. The van der Waals surface area contributed by atoms with Crippen LogP contribution in [0.1, 0.15) is 30.9 Å². The zero-order valence-electron chi connectivity index (χ0n) is 16.7. The first kappa shape index (κ1) is 20.4. The summed E-state index contributed by atoms with van der Waals surface area (Å²) >= 11 is 0. The van der Waals surface area contributed by atoms with Crippen LogP contribution in [0.4, 0.5) is 5.69 Å². The molecule has 0 aliphatic carbocycles. The molecule has 0 radical (unpaired) electrons. The fraction of sp³-hybridized carbons (Fsp3) is 0.381. The third-order valence-corrected chi connectivity index (χ3v) is 4.10. The van der Waals surface area contributed by atoms with Gasteiger partial charge in [-0.05, 0) is 30.0 Å². The molecule has 1 amide bonds. The molecule has 0 spiro atoms. The first-order valence-electron chi connectivity index (χ1n) is 8.72. The highest BCUT2D eigenvalue weighted by Gasteiger charge is 2.15. The first-order valence-corrected chi connectivity index (χ1v) is 8.72. The largest absolute Gasteiger partial charge is 0.493 e. The number of methoxy groups -OCH3 is 3. The lowest BCUT2D eigenvalue weighted by Gasteiger charge is -2.16. The van der Waals surface area contributed by atoms with E-state index < -0.39 is 0 Å². The van der Waals surface area contributed by atoms with Crippen LogP contribution in [0.5, 0.6) is 23.0 Å². The molecule has 1 N–H and O–H groups in total. The molecule has 6 nitrogen and oxygen atoms in total. The molecule has 0 saturated carbocycles. The average Bonchev–Trinajstić information content (AvgIpc) is 2.65. The van der Waals surface area contributed by atoms with E-state index >= 15 is 0 Å². The van der Waals surface area contributed by atoms with Crippen LogP contribution in [-0.4, -0.2) is 33.8 Å². The van der Waals surface area contributed by atoms with Gasteiger partial charge < -0.3 is 24.3 Å². The Labute approximate surface area is 160 Å². The Hall–Kier alpha value is -2.89. The van der Waals surface area contributed by atoms with Gasteiger partial charge in [0, 0.05) is 17.8 Å². The predicted molar refractivity (Wildman–Crippen MR) is 105 cm³/mol. The van der Waals surface area contributed by atoms with Crippen LogP contribution in [0.2, 0.25) is 0 Å². The number of hydrogen-bond donors (Lipinski definition) is 1. The zero-order chi connectivity index (χ0) is 20.0. The maximum absolute atomic E-state index is 12.4. The highest BCUT2D eigenvalue weighted by atomic mass is 16.5. The molecule has 0 unspecified atom stereocenters. The summed E-state index contributed by atoms with van der Waals surface area (Å²) in [6.07, 6.45) is 0. The van der Waals surface area contributed by atoms with Crippen LogP contribution in [0.15, 0.2) is 30.3 Å². The van der Waals surface area contributed by atoms with Gasteiger partial charge in [0.2, 0.25) is 5.75 Å². The van der Waals surface area contributed by atoms with Crippen molar-refractivity contribution in [1.82, 2.24) is 0 Å². The summed E-state index contributed by atoms with van der Waals surface area (Å²) in [5.41, 5.74) is 2.69. The van der Waals surface area contributed by atoms with Crippen molar-refractivity contribution in [2.24, 2.45) is 0 Å². The lowest BCUT2D eigenvalue weighted by atomic mass is 10.0. The molecule has 0 bridgehead atoms. The van der Waals surface area contributed by atoms with Crippen molar-refractivity contribution in [3.8, 4) is 23.0 Å². The zero-order valence-corrected chi connectivity index (χ0v) is 16.7. The van der Waals surface area contributed by atoms with Crippen LogP contribution in [0.25, 0.3) is 0 Å². The molecule has 0 aliphatic heterocycles. The molecule has 0 aromatic heterocycles. The lowest BCUT2D eigenvalue weighted by Crippen LogP contribution is -2.20. The fourth-order valence-electron chi connectivity index (χ4n) is 2.74. The summed E-state index contributed by atoms with van der Waals surface area (Å²) in [6.45, 7) is 6.08. The third kappa shape index (κ3) is 5.06. The van der Waals surface area contributed by atoms with Crippen LogP contribution in [-0.2, 0) is 4.79 Å². The molecule has 27 heavy (non-hydrogen) atoms. The van der Waals surface area contributed by atoms with Crippen molar-refractivity contribution in [1.29, 1.82) is 0 Å². The van der Waals surface area contributed by atoms with E-state index in [0.29, 0.717) is 28.9 Å². The quantitative estimate of drug-likeness (QED) is 0.753. The van der Waals surface area contributed by atoms with E-state index in [0.717, 1.165) is 16.9 Å². The van der Waals surface area contributed by atoms with Crippen molar-refractivity contribution < 1.29 is 23.7 Å². The van der Waals surface area contributed by atoms with Crippen molar-refractivity contribution >= 4 is 11.6 Å². The molecule has 6 heteroatoms. The second-order valence-electron chi connectivity index (χ2n) is 6.45. The van der Waals surface area contributed by atoms with E-state index in [9.17, 15) is 4.79 Å². The number of carbonyl (C=O) groups excluding carboxylic acids is 1. The van der Waals surface area contributed by atoms with Gasteiger partial charge in [0.25, 0.3) is 5.91 Å². The summed E-state index contributed by atoms with van der Waals surface area (Å²) in [5.74, 6) is 2.16. The summed E-state index contributed by atoms with van der Waals surface area (Å²) in [6, 6.07) is 9.36. The molecular formula is C21H27NO5. The number of benzene rings is 2. The molecule has 0 fully saturated rings. The Balaban J connectivity index is 2.12.